The summed E-state index contributed by atoms with van der Waals surface area (Å²) in [7, 11) is 1.47. The van der Waals surface area contributed by atoms with Gasteiger partial charge in [0.05, 0.1) is 18.5 Å². The van der Waals surface area contributed by atoms with Crippen LogP contribution in [-0.2, 0) is 9.59 Å². The molecule has 0 heterocycles. The molecule has 0 unspecified atom stereocenters. The molecule has 5 heteroatoms. The monoisotopic (exact) mass is 206 g/mol. The van der Waals surface area contributed by atoms with Gasteiger partial charge in [0.1, 0.15) is 5.75 Å². The number of ether oxygens (including phenoxy) is 1. The first kappa shape index (κ1) is 10.9. The van der Waals surface area contributed by atoms with E-state index in [1.165, 1.54) is 26.2 Å². The van der Waals surface area contributed by atoms with Crippen LogP contribution in [0.3, 0.4) is 0 Å². The Hall–Kier alpha value is -2.13. The van der Waals surface area contributed by atoms with E-state index in [4.69, 9.17) is 4.74 Å². The lowest BCUT2D eigenvalue weighted by Crippen LogP contribution is -2.06. The fraction of sp³-hybridized carbons (Fsp3) is 0.200. The number of methoxy groups -OCH3 is 1. The lowest BCUT2D eigenvalue weighted by atomic mass is 10.2. The van der Waals surface area contributed by atoms with Crippen LogP contribution in [0.4, 0.5) is 11.4 Å². The summed E-state index contributed by atoms with van der Waals surface area (Å²) in [5.41, 5.74) is 0.964. The molecule has 15 heavy (non-hydrogen) atoms. The van der Waals surface area contributed by atoms with Gasteiger partial charge in [0.2, 0.25) is 12.0 Å². The third-order valence-corrected chi connectivity index (χ3v) is 1.67. The predicted molar refractivity (Wildman–Crippen MR) is 55.1 cm³/mol. The van der Waals surface area contributed by atoms with Crippen molar-refractivity contribution in [3.8, 4) is 5.75 Å². The molecule has 1 amide bonds. The molecule has 0 fully saturated rings. The number of carbonyl (C=O) groups is 1. The Morgan fingerprint density at radius 1 is 1.53 bits per heavy atom. The van der Waals surface area contributed by atoms with Crippen LogP contribution < -0.4 is 10.1 Å². The van der Waals surface area contributed by atoms with E-state index in [1.54, 1.807) is 12.1 Å². The molecule has 0 radical (unpaired) electrons. The van der Waals surface area contributed by atoms with Crippen LogP contribution in [0.2, 0.25) is 0 Å². The highest BCUT2D eigenvalue weighted by molar-refractivity contribution is 5.90. The van der Waals surface area contributed by atoms with Crippen molar-refractivity contribution in [1.29, 1.82) is 0 Å². The van der Waals surface area contributed by atoms with Crippen molar-refractivity contribution in [1.82, 2.24) is 0 Å². The summed E-state index contributed by atoms with van der Waals surface area (Å²) in [6.45, 7) is 1.40. The van der Waals surface area contributed by atoms with Crippen molar-refractivity contribution < 1.29 is 14.3 Å². The van der Waals surface area contributed by atoms with Gasteiger partial charge in [-0.1, -0.05) is 0 Å². The molecule has 0 spiro atoms. The van der Waals surface area contributed by atoms with E-state index in [0.29, 0.717) is 17.1 Å². The van der Waals surface area contributed by atoms with E-state index < -0.39 is 0 Å². The van der Waals surface area contributed by atoms with Crippen LogP contribution in [0.15, 0.2) is 23.2 Å². The smallest absolute Gasteiger partial charge is 0.240 e. The Morgan fingerprint density at radius 3 is 2.80 bits per heavy atom. The first-order valence-corrected chi connectivity index (χ1v) is 4.21. The van der Waals surface area contributed by atoms with Crippen LogP contribution in [-0.4, -0.2) is 19.1 Å². The Balaban J connectivity index is 3.08. The lowest BCUT2D eigenvalue weighted by Gasteiger charge is -2.08. The van der Waals surface area contributed by atoms with E-state index in [0.717, 1.165) is 0 Å². The Kier molecular flexibility index (Phi) is 3.60. The fourth-order valence-electron chi connectivity index (χ4n) is 1.10. The average Bonchev–Trinajstić information content (AvgIpc) is 2.20. The maximum atomic E-state index is 10.8. The zero-order valence-electron chi connectivity index (χ0n) is 8.40. The van der Waals surface area contributed by atoms with Gasteiger partial charge in [0, 0.05) is 13.0 Å². The number of anilines is 1. The van der Waals surface area contributed by atoms with Crippen molar-refractivity contribution >= 4 is 23.4 Å². The SMILES string of the molecule is COc1cc(N=C=O)ccc1NC(C)=O. The van der Waals surface area contributed by atoms with E-state index in [1.807, 2.05) is 0 Å². The summed E-state index contributed by atoms with van der Waals surface area (Å²) in [6.07, 6.45) is 1.43. The highest BCUT2D eigenvalue weighted by Crippen LogP contribution is 2.28. The quantitative estimate of drug-likeness (QED) is 0.603. The molecule has 0 aliphatic rings. The van der Waals surface area contributed by atoms with Crippen molar-refractivity contribution in [2.24, 2.45) is 4.99 Å². The topological polar surface area (TPSA) is 67.8 Å². The summed E-state index contributed by atoms with van der Waals surface area (Å²) in [5, 5.41) is 2.59. The van der Waals surface area contributed by atoms with Gasteiger partial charge in [-0.3, -0.25) is 4.79 Å². The molecule has 0 aromatic heterocycles. The normalized spacial score (nSPS) is 8.93. The zero-order valence-corrected chi connectivity index (χ0v) is 8.40. The standard InChI is InChI=1S/C10H10N2O3/c1-7(14)12-9-4-3-8(11-6-13)5-10(9)15-2/h3-5H,1-2H3,(H,12,14). The first-order chi connectivity index (χ1) is 7.17. The number of aliphatic imine (C=N–C) groups is 1. The maximum Gasteiger partial charge on any atom is 0.240 e. The third kappa shape index (κ3) is 2.93. The van der Waals surface area contributed by atoms with E-state index >= 15 is 0 Å². The number of hydrogen-bond donors (Lipinski definition) is 1. The number of amides is 1. The van der Waals surface area contributed by atoms with E-state index in [-0.39, 0.29) is 5.91 Å². The molecule has 0 saturated heterocycles. The maximum absolute atomic E-state index is 10.8. The molecule has 5 nitrogen and oxygen atoms in total. The molecule has 0 aliphatic heterocycles. The van der Waals surface area contributed by atoms with Crippen LogP contribution in [0, 0.1) is 0 Å². The van der Waals surface area contributed by atoms with Crippen molar-refractivity contribution in [3.05, 3.63) is 18.2 Å². The second-order valence-corrected chi connectivity index (χ2v) is 2.77. The number of nitrogens with one attached hydrogen (secondary N) is 1. The van der Waals surface area contributed by atoms with E-state index in [9.17, 15) is 9.59 Å². The molecular weight excluding hydrogens is 196 g/mol. The second-order valence-electron chi connectivity index (χ2n) is 2.77. The van der Waals surface area contributed by atoms with Crippen LogP contribution in [0.5, 0.6) is 5.75 Å². The number of rotatable bonds is 3. The Bertz CT molecular complexity index is 423. The second kappa shape index (κ2) is 4.93. The first-order valence-electron chi connectivity index (χ1n) is 4.21. The Labute approximate surface area is 86.8 Å². The van der Waals surface area contributed by atoms with Crippen molar-refractivity contribution in [3.63, 3.8) is 0 Å². The molecule has 1 aromatic rings. The molecule has 0 saturated carbocycles. The lowest BCUT2D eigenvalue weighted by molar-refractivity contribution is -0.114. The third-order valence-electron chi connectivity index (χ3n) is 1.67. The number of benzene rings is 1. The number of carbonyl (C=O) groups excluding carboxylic acids is 2. The van der Waals surface area contributed by atoms with Gasteiger partial charge in [0.25, 0.3) is 0 Å². The van der Waals surface area contributed by atoms with Gasteiger partial charge in [-0.2, -0.15) is 4.99 Å². The van der Waals surface area contributed by atoms with Crippen LogP contribution in [0.25, 0.3) is 0 Å². The van der Waals surface area contributed by atoms with Crippen molar-refractivity contribution in [2.75, 3.05) is 12.4 Å². The van der Waals surface area contributed by atoms with E-state index in [2.05, 4.69) is 10.3 Å². The molecule has 1 rings (SSSR count). The molecule has 0 aliphatic carbocycles. The van der Waals surface area contributed by atoms with Gasteiger partial charge in [-0.15, -0.1) is 0 Å². The number of hydrogen-bond acceptors (Lipinski definition) is 4. The van der Waals surface area contributed by atoms with Crippen molar-refractivity contribution in [2.45, 2.75) is 6.92 Å². The minimum absolute atomic E-state index is 0.195. The predicted octanol–water partition coefficient (Wildman–Crippen LogP) is 1.62. The highest BCUT2D eigenvalue weighted by Gasteiger charge is 2.05. The van der Waals surface area contributed by atoms with Gasteiger partial charge >= 0.3 is 0 Å². The van der Waals surface area contributed by atoms with Gasteiger partial charge in [0.15, 0.2) is 0 Å². The largest absolute Gasteiger partial charge is 0.494 e. The average molecular weight is 206 g/mol. The zero-order chi connectivity index (χ0) is 11.3. The summed E-state index contributed by atoms with van der Waals surface area (Å²) in [4.78, 5) is 24.3. The molecule has 1 aromatic carbocycles. The minimum Gasteiger partial charge on any atom is -0.494 e. The molecular formula is C10H10N2O3. The van der Waals surface area contributed by atoms with Crippen LogP contribution in [0.1, 0.15) is 6.92 Å². The fourth-order valence-corrected chi connectivity index (χ4v) is 1.10. The summed E-state index contributed by atoms with van der Waals surface area (Å²) >= 11 is 0. The summed E-state index contributed by atoms with van der Waals surface area (Å²) < 4.78 is 5.03. The summed E-state index contributed by atoms with van der Waals surface area (Å²) in [5.74, 6) is 0.252. The Morgan fingerprint density at radius 2 is 2.27 bits per heavy atom. The number of nitrogens with zero attached hydrogens (tertiary/aromatic N) is 1. The summed E-state index contributed by atoms with van der Waals surface area (Å²) in [6, 6.07) is 4.73. The molecule has 1 N–H and O–H groups in total. The van der Waals surface area contributed by atoms with Gasteiger partial charge in [-0.25, -0.2) is 4.79 Å². The molecule has 0 bridgehead atoms. The van der Waals surface area contributed by atoms with Gasteiger partial charge < -0.3 is 10.1 Å². The van der Waals surface area contributed by atoms with Crippen LogP contribution >= 0.6 is 0 Å². The highest BCUT2D eigenvalue weighted by atomic mass is 16.5. The molecule has 78 valence electrons. The molecule has 0 atom stereocenters. The number of isocyanates is 1. The van der Waals surface area contributed by atoms with Gasteiger partial charge in [-0.05, 0) is 12.1 Å². The minimum atomic E-state index is -0.195.